The minimum atomic E-state index is 0.581. The summed E-state index contributed by atoms with van der Waals surface area (Å²) in [5.74, 6) is 0.840. The second-order valence-electron chi connectivity index (χ2n) is 4.79. The van der Waals surface area contributed by atoms with Crippen LogP contribution in [-0.2, 0) is 0 Å². The van der Waals surface area contributed by atoms with Crippen LogP contribution < -0.4 is 10.2 Å². The van der Waals surface area contributed by atoms with E-state index in [-0.39, 0.29) is 0 Å². The summed E-state index contributed by atoms with van der Waals surface area (Å²) >= 11 is 3.38. The summed E-state index contributed by atoms with van der Waals surface area (Å²) in [5, 5.41) is 3.58. The molecule has 1 saturated heterocycles. The van der Waals surface area contributed by atoms with Crippen LogP contribution in [0.3, 0.4) is 0 Å². The van der Waals surface area contributed by atoms with Crippen LogP contribution in [0.1, 0.15) is 32.6 Å². The predicted octanol–water partition coefficient (Wildman–Crippen LogP) is 2.60. The summed E-state index contributed by atoms with van der Waals surface area (Å²) in [6.07, 6.45) is 8.65. The number of hydrogen-bond acceptors (Lipinski definition) is 4. The Hall–Kier alpha value is -0.680. The highest BCUT2D eigenvalue weighted by molar-refractivity contribution is 9.10. The second kappa shape index (κ2) is 7.04. The lowest BCUT2D eigenvalue weighted by atomic mass is 10.0. The zero-order valence-corrected chi connectivity index (χ0v) is 12.5. The van der Waals surface area contributed by atoms with Crippen molar-refractivity contribution in [2.45, 2.75) is 38.6 Å². The molecule has 4 nitrogen and oxygen atoms in total. The van der Waals surface area contributed by atoms with Gasteiger partial charge in [0.25, 0.3) is 0 Å². The highest BCUT2D eigenvalue weighted by atomic mass is 79.9. The fourth-order valence-corrected chi connectivity index (χ4v) is 2.56. The van der Waals surface area contributed by atoms with Gasteiger partial charge in [0.15, 0.2) is 0 Å². The predicted molar refractivity (Wildman–Crippen MR) is 77.9 cm³/mol. The number of hydrogen-bond donors (Lipinski definition) is 1. The van der Waals surface area contributed by atoms with Crippen LogP contribution >= 0.6 is 15.9 Å². The van der Waals surface area contributed by atoms with E-state index < -0.39 is 0 Å². The molecule has 1 atom stereocenters. The molecule has 0 amide bonds. The molecule has 1 N–H and O–H groups in total. The van der Waals surface area contributed by atoms with Crippen LogP contribution in [-0.4, -0.2) is 35.6 Å². The Morgan fingerprint density at radius 3 is 2.78 bits per heavy atom. The zero-order chi connectivity index (χ0) is 12.8. The first-order valence-electron chi connectivity index (χ1n) is 6.75. The minimum absolute atomic E-state index is 0.581. The molecule has 0 aliphatic carbocycles. The van der Waals surface area contributed by atoms with Gasteiger partial charge >= 0.3 is 0 Å². The van der Waals surface area contributed by atoms with Crippen LogP contribution in [0.2, 0.25) is 0 Å². The average Bonchev–Trinajstić information content (AvgIpc) is 2.40. The van der Waals surface area contributed by atoms with Crippen LogP contribution in [0.25, 0.3) is 0 Å². The molecule has 1 aliphatic heterocycles. The Bertz CT molecular complexity index is 349. The average molecular weight is 313 g/mol. The summed E-state index contributed by atoms with van der Waals surface area (Å²) in [6.45, 7) is 5.36. The van der Waals surface area contributed by atoms with E-state index in [2.05, 4.69) is 43.0 Å². The van der Waals surface area contributed by atoms with E-state index in [1.165, 1.54) is 19.3 Å². The van der Waals surface area contributed by atoms with Crippen molar-refractivity contribution >= 4 is 21.9 Å². The number of anilines is 1. The van der Waals surface area contributed by atoms with Crippen LogP contribution in [0.4, 0.5) is 5.95 Å². The van der Waals surface area contributed by atoms with E-state index in [1.807, 2.05) is 12.4 Å². The monoisotopic (exact) mass is 312 g/mol. The molecule has 0 saturated carbocycles. The fraction of sp³-hybridized carbons (Fsp3) is 0.692. The van der Waals surface area contributed by atoms with Gasteiger partial charge in [-0.1, -0.05) is 13.3 Å². The van der Waals surface area contributed by atoms with Crippen LogP contribution in [0, 0.1) is 0 Å². The van der Waals surface area contributed by atoms with Crippen molar-refractivity contribution in [3.63, 3.8) is 0 Å². The van der Waals surface area contributed by atoms with Gasteiger partial charge in [0.1, 0.15) is 0 Å². The number of nitrogens with one attached hydrogen (secondary N) is 1. The Labute approximate surface area is 117 Å². The molecule has 2 heterocycles. The van der Waals surface area contributed by atoms with Gasteiger partial charge in [0, 0.05) is 31.5 Å². The summed E-state index contributed by atoms with van der Waals surface area (Å²) < 4.78 is 0.929. The second-order valence-corrected chi connectivity index (χ2v) is 5.71. The van der Waals surface area contributed by atoms with Gasteiger partial charge in [0.2, 0.25) is 5.95 Å². The fourth-order valence-electron chi connectivity index (χ4n) is 2.36. The molecule has 0 bridgehead atoms. The quantitative estimate of drug-likeness (QED) is 0.907. The zero-order valence-electron chi connectivity index (χ0n) is 10.9. The highest BCUT2D eigenvalue weighted by Gasteiger charge is 2.17. The van der Waals surface area contributed by atoms with Gasteiger partial charge < -0.3 is 10.2 Å². The third-order valence-electron chi connectivity index (χ3n) is 3.24. The summed E-state index contributed by atoms with van der Waals surface area (Å²) in [5.41, 5.74) is 0. The summed E-state index contributed by atoms with van der Waals surface area (Å²) in [4.78, 5) is 11.1. The third-order valence-corrected chi connectivity index (χ3v) is 3.65. The molecule has 1 aromatic rings. The van der Waals surface area contributed by atoms with Crippen molar-refractivity contribution in [2.24, 2.45) is 0 Å². The number of nitrogens with zero attached hydrogens (tertiary/aromatic N) is 3. The van der Waals surface area contributed by atoms with Crippen molar-refractivity contribution in [1.82, 2.24) is 15.3 Å². The highest BCUT2D eigenvalue weighted by Crippen LogP contribution is 2.14. The van der Waals surface area contributed by atoms with E-state index in [4.69, 9.17) is 0 Å². The van der Waals surface area contributed by atoms with Crippen LogP contribution in [0.15, 0.2) is 16.9 Å². The van der Waals surface area contributed by atoms with Gasteiger partial charge in [-0.3, -0.25) is 0 Å². The van der Waals surface area contributed by atoms with E-state index in [9.17, 15) is 0 Å². The van der Waals surface area contributed by atoms with Crippen LogP contribution in [0.5, 0.6) is 0 Å². The molecule has 0 aromatic carbocycles. The number of aromatic nitrogens is 2. The maximum Gasteiger partial charge on any atom is 0.225 e. The van der Waals surface area contributed by atoms with Gasteiger partial charge in [-0.15, -0.1) is 0 Å². The first kappa shape index (κ1) is 13.7. The Morgan fingerprint density at radius 2 is 2.17 bits per heavy atom. The van der Waals surface area contributed by atoms with E-state index in [0.717, 1.165) is 36.5 Å². The largest absolute Gasteiger partial charge is 0.339 e. The Morgan fingerprint density at radius 1 is 1.39 bits per heavy atom. The van der Waals surface area contributed by atoms with Gasteiger partial charge in [0.05, 0.1) is 4.47 Å². The molecule has 1 aromatic heterocycles. The van der Waals surface area contributed by atoms with Crippen molar-refractivity contribution in [1.29, 1.82) is 0 Å². The topological polar surface area (TPSA) is 41.0 Å². The molecule has 2 rings (SSSR count). The van der Waals surface area contributed by atoms with Gasteiger partial charge in [-0.25, -0.2) is 9.97 Å². The lowest BCUT2D eigenvalue weighted by molar-refractivity contribution is 0.397. The van der Waals surface area contributed by atoms with Gasteiger partial charge in [-0.05, 0) is 41.7 Å². The molecule has 1 fully saturated rings. The SMILES string of the molecule is CCCN(CC1CCCCN1)c1ncc(Br)cn1. The Balaban J connectivity index is 2.00. The van der Waals surface area contributed by atoms with E-state index in [0.29, 0.717) is 6.04 Å². The van der Waals surface area contributed by atoms with Crippen molar-refractivity contribution < 1.29 is 0 Å². The first-order valence-corrected chi connectivity index (χ1v) is 7.54. The maximum atomic E-state index is 4.40. The smallest absolute Gasteiger partial charge is 0.225 e. The third kappa shape index (κ3) is 3.92. The van der Waals surface area contributed by atoms with Crippen molar-refractivity contribution in [2.75, 3.05) is 24.5 Å². The Kier molecular flexibility index (Phi) is 5.38. The molecular weight excluding hydrogens is 292 g/mol. The molecule has 100 valence electrons. The minimum Gasteiger partial charge on any atom is -0.339 e. The summed E-state index contributed by atoms with van der Waals surface area (Å²) in [6, 6.07) is 0.581. The molecule has 18 heavy (non-hydrogen) atoms. The van der Waals surface area contributed by atoms with Gasteiger partial charge in [-0.2, -0.15) is 0 Å². The molecule has 1 aliphatic rings. The molecular formula is C13H21BrN4. The van der Waals surface area contributed by atoms with Crippen molar-refractivity contribution in [3.05, 3.63) is 16.9 Å². The van der Waals surface area contributed by atoms with E-state index >= 15 is 0 Å². The number of rotatable bonds is 5. The molecule has 0 radical (unpaired) electrons. The first-order chi connectivity index (χ1) is 8.79. The number of piperidine rings is 1. The standard InChI is InChI=1S/C13H21BrN4/c1-2-7-18(10-12-5-3-4-6-15-12)13-16-8-11(14)9-17-13/h8-9,12,15H,2-7,10H2,1H3. The molecule has 0 spiro atoms. The number of halogens is 1. The van der Waals surface area contributed by atoms with Crippen molar-refractivity contribution in [3.8, 4) is 0 Å². The molecule has 1 unspecified atom stereocenters. The lowest BCUT2D eigenvalue weighted by Gasteiger charge is -2.30. The van der Waals surface area contributed by atoms with E-state index in [1.54, 1.807) is 0 Å². The summed E-state index contributed by atoms with van der Waals surface area (Å²) in [7, 11) is 0. The lowest BCUT2D eigenvalue weighted by Crippen LogP contribution is -2.44. The molecule has 5 heteroatoms. The maximum absolute atomic E-state index is 4.40. The normalized spacial score (nSPS) is 19.8.